The van der Waals surface area contributed by atoms with Crippen LogP contribution in [0, 0.1) is 5.82 Å². The lowest BCUT2D eigenvalue weighted by Crippen LogP contribution is -2.10. The average molecular weight is 219 g/mol. The van der Waals surface area contributed by atoms with Gasteiger partial charge in [-0.05, 0) is 13.0 Å². The molecular weight excluding hydrogens is 211 g/mol. The zero-order valence-corrected chi connectivity index (χ0v) is 8.14. The number of hydrogen-bond donors (Lipinski definition) is 1. The van der Waals surface area contributed by atoms with E-state index in [0.717, 1.165) is 6.07 Å². The highest BCUT2D eigenvalue weighted by Gasteiger charge is 2.15. The van der Waals surface area contributed by atoms with Crippen LogP contribution < -0.4 is 5.73 Å². The fraction of sp³-hybridized carbons (Fsp3) is 0.250. The molecule has 0 aromatic carbocycles. The Morgan fingerprint density at radius 3 is 3.00 bits per heavy atom. The minimum Gasteiger partial charge on any atom is -0.462 e. The molecule has 0 spiro atoms. The lowest BCUT2D eigenvalue weighted by molar-refractivity contribution is 0.0526. The number of ether oxygens (including phenoxy) is 1. The van der Waals surface area contributed by atoms with Gasteiger partial charge in [0, 0.05) is 0 Å². The number of rotatable bonds is 2. The average Bonchev–Trinajstić information content (AvgIpc) is 2.11. The molecule has 14 heavy (non-hydrogen) atoms. The normalized spacial score (nSPS) is 9.93. The predicted molar refractivity (Wildman–Crippen MR) is 49.6 cm³/mol. The number of esters is 1. The van der Waals surface area contributed by atoms with E-state index in [4.69, 9.17) is 17.3 Å². The standard InChI is InChI=1S/C8H8ClFN2O2/c1-2-14-8(13)4-3-5(10)6(9)12-7(4)11/h3H,2H2,1H3,(H2,11,12). The number of carbonyl (C=O) groups excluding carboxylic acids is 1. The molecule has 0 atom stereocenters. The third-order valence-corrected chi connectivity index (χ3v) is 1.72. The second-order valence-corrected chi connectivity index (χ2v) is 2.77. The molecule has 0 aliphatic heterocycles. The van der Waals surface area contributed by atoms with E-state index in [-0.39, 0.29) is 23.1 Å². The van der Waals surface area contributed by atoms with Crippen LogP contribution in [0.2, 0.25) is 5.15 Å². The number of anilines is 1. The van der Waals surface area contributed by atoms with Crippen LogP contribution >= 0.6 is 11.6 Å². The van der Waals surface area contributed by atoms with E-state index in [1.165, 1.54) is 0 Å². The molecule has 1 heterocycles. The Morgan fingerprint density at radius 1 is 1.79 bits per heavy atom. The van der Waals surface area contributed by atoms with Crippen molar-refractivity contribution in [3.8, 4) is 0 Å². The highest BCUT2D eigenvalue weighted by molar-refractivity contribution is 6.29. The maximum Gasteiger partial charge on any atom is 0.341 e. The summed E-state index contributed by atoms with van der Waals surface area (Å²) in [6, 6.07) is 0.905. The summed E-state index contributed by atoms with van der Waals surface area (Å²) in [6.07, 6.45) is 0. The van der Waals surface area contributed by atoms with Crippen LogP contribution in [0.1, 0.15) is 17.3 Å². The smallest absolute Gasteiger partial charge is 0.341 e. The fourth-order valence-corrected chi connectivity index (χ4v) is 0.998. The van der Waals surface area contributed by atoms with Crippen molar-refractivity contribution in [2.75, 3.05) is 12.3 Å². The van der Waals surface area contributed by atoms with Gasteiger partial charge >= 0.3 is 5.97 Å². The first-order chi connectivity index (χ1) is 6.56. The first-order valence-electron chi connectivity index (χ1n) is 3.85. The Morgan fingerprint density at radius 2 is 2.43 bits per heavy atom. The molecule has 1 aromatic rings. The molecule has 0 amide bonds. The Bertz CT molecular complexity index is 371. The number of aromatic nitrogens is 1. The molecule has 0 bridgehead atoms. The first kappa shape index (κ1) is 10.7. The van der Waals surface area contributed by atoms with E-state index >= 15 is 0 Å². The van der Waals surface area contributed by atoms with E-state index in [1.54, 1.807) is 6.92 Å². The van der Waals surface area contributed by atoms with Crippen molar-refractivity contribution in [3.05, 3.63) is 22.6 Å². The molecule has 2 N–H and O–H groups in total. The third kappa shape index (κ3) is 2.11. The van der Waals surface area contributed by atoms with Gasteiger partial charge in [0.25, 0.3) is 0 Å². The van der Waals surface area contributed by atoms with Crippen molar-refractivity contribution in [3.63, 3.8) is 0 Å². The van der Waals surface area contributed by atoms with E-state index in [0.29, 0.717) is 0 Å². The molecule has 0 radical (unpaired) electrons. The van der Waals surface area contributed by atoms with Gasteiger partial charge < -0.3 is 10.5 Å². The van der Waals surface area contributed by atoms with E-state index in [2.05, 4.69) is 9.72 Å². The van der Waals surface area contributed by atoms with Crippen molar-refractivity contribution < 1.29 is 13.9 Å². The summed E-state index contributed by atoms with van der Waals surface area (Å²) < 4.78 is 17.5. The van der Waals surface area contributed by atoms with Crippen molar-refractivity contribution in [2.45, 2.75) is 6.92 Å². The van der Waals surface area contributed by atoms with Gasteiger partial charge in [0.15, 0.2) is 11.0 Å². The first-order valence-corrected chi connectivity index (χ1v) is 4.22. The van der Waals surface area contributed by atoms with Crippen LogP contribution in [-0.2, 0) is 4.74 Å². The van der Waals surface area contributed by atoms with Crippen LogP contribution in [-0.4, -0.2) is 17.6 Å². The monoisotopic (exact) mass is 218 g/mol. The number of nitrogen functional groups attached to an aromatic ring is 1. The summed E-state index contributed by atoms with van der Waals surface area (Å²) in [5.41, 5.74) is 5.24. The van der Waals surface area contributed by atoms with E-state index in [9.17, 15) is 9.18 Å². The number of nitrogens with zero attached hydrogens (tertiary/aromatic N) is 1. The second kappa shape index (κ2) is 4.23. The zero-order valence-electron chi connectivity index (χ0n) is 7.38. The molecule has 76 valence electrons. The van der Waals surface area contributed by atoms with Gasteiger partial charge in [-0.3, -0.25) is 0 Å². The van der Waals surface area contributed by atoms with Gasteiger partial charge in [-0.2, -0.15) is 0 Å². The number of nitrogens with two attached hydrogens (primary N) is 1. The summed E-state index contributed by atoms with van der Waals surface area (Å²) in [6.45, 7) is 1.82. The fourth-order valence-electron chi connectivity index (χ4n) is 0.852. The molecule has 0 saturated heterocycles. The van der Waals surface area contributed by atoms with Crippen LogP contribution in [0.25, 0.3) is 0 Å². The summed E-state index contributed by atoms with van der Waals surface area (Å²) in [4.78, 5) is 14.6. The SMILES string of the molecule is CCOC(=O)c1cc(F)c(Cl)nc1N. The highest BCUT2D eigenvalue weighted by Crippen LogP contribution is 2.18. The third-order valence-electron chi connectivity index (χ3n) is 1.46. The van der Waals surface area contributed by atoms with E-state index < -0.39 is 11.8 Å². The molecule has 6 heteroatoms. The molecule has 1 aromatic heterocycles. The van der Waals surface area contributed by atoms with Gasteiger partial charge in [0.2, 0.25) is 0 Å². The molecule has 0 aliphatic rings. The summed E-state index contributed by atoms with van der Waals surface area (Å²) in [7, 11) is 0. The highest BCUT2D eigenvalue weighted by atomic mass is 35.5. The van der Waals surface area contributed by atoms with Gasteiger partial charge in [-0.15, -0.1) is 0 Å². The number of halogens is 2. The minimum absolute atomic E-state index is 0.117. The van der Waals surface area contributed by atoms with Crippen LogP contribution in [0.3, 0.4) is 0 Å². The molecule has 1 rings (SSSR count). The van der Waals surface area contributed by atoms with E-state index in [1.807, 2.05) is 0 Å². The molecule has 0 unspecified atom stereocenters. The summed E-state index contributed by atoms with van der Waals surface area (Å²) in [5.74, 6) is -1.66. The van der Waals surface area contributed by atoms with Gasteiger partial charge in [-0.25, -0.2) is 14.2 Å². The lowest BCUT2D eigenvalue weighted by atomic mass is 10.2. The number of pyridine rings is 1. The minimum atomic E-state index is -0.802. The van der Waals surface area contributed by atoms with Crippen LogP contribution in [0.5, 0.6) is 0 Å². The Labute approximate surface area is 84.8 Å². The predicted octanol–water partition coefficient (Wildman–Crippen LogP) is 1.63. The molecular formula is C8H8ClFN2O2. The number of hydrogen-bond acceptors (Lipinski definition) is 4. The largest absolute Gasteiger partial charge is 0.462 e. The van der Waals surface area contributed by atoms with Crippen molar-refractivity contribution in [1.29, 1.82) is 0 Å². The quantitative estimate of drug-likeness (QED) is 0.605. The Kier molecular flexibility index (Phi) is 3.24. The van der Waals surface area contributed by atoms with Crippen molar-refractivity contribution >= 4 is 23.4 Å². The topological polar surface area (TPSA) is 65.2 Å². The molecule has 0 fully saturated rings. The molecule has 0 saturated carbocycles. The second-order valence-electron chi connectivity index (χ2n) is 2.41. The Balaban J connectivity index is 3.09. The van der Waals surface area contributed by atoms with Crippen LogP contribution in [0.15, 0.2) is 6.07 Å². The maximum atomic E-state index is 12.9. The summed E-state index contributed by atoms with van der Waals surface area (Å²) >= 11 is 5.35. The lowest BCUT2D eigenvalue weighted by Gasteiger charge is -2.04. The molecule has 0 aliphatic carbocycles. The number of carbonyl (C=O) groups is 1. The maximum absolute atomic E-state index is 12.9. The van der Waals surface area contributed by atoms with Crippen LogP contribution in [0.4, 0.5) is 10.2 Å². The summed E-state index contributed by atoms with van der Waals surface area (Å²) in [5, 5.41) is -0.365. The van der Waals surface area contributed by atoms with Crippen molar-refractivity contribution in [2.24, 2.45) is 0 Å². The Hall–Kier alpha value is -1.36. The van der Waals surface area contributed by atoms with Gasteiger partial charge in [0.05, 0.1) is 6.61 Å². The van der Waals surface area contributed by atoms with Gasteiger partial charge in [0.1, 0.15) is 11.4 Å². The van der Waals surface area contributed by atoms with Gasteiger partial charge in [-0.1, -0.05) is 11.6 Å². The van der Waals surface area contributed by atoms with Crippen molar-refractivity contribution in [1.82, 2.24) is 4.98 Å². The molecule has 4 nitrogen and oxygen atoms in total. The zero-order chi connectivity index (χ0) is 10.7.